The molecule has 1 aromatic rings. The van der Waals surface area contributed by atoms with Crippen LogP contribution in [0.15, 0.2) is 4.79 Å². The Labute approximate surface area is 56.6 Å². The smallest absolute Gasteiger partial charge is 0.305 e. The molecule has 0 saturated carbocycles. The summed E-state index contributed by atoms with van der Waals surface area (Å²) in [7, 11) is 1.49. The van der Waals surface area contributed by atoms with E-state index in [4.69, 9.17) is 0 Å². The van der Waals surface area contributed by atoms with Gasteiger partial charge in [0.2, 0.25) is 0 Å². The van der Waals surface area contributed by atoms with Crippen LogP contribution in [0.1, 0.15) is 5.82 Å². The van der Waals surface area contributed by atoms with E-state index in [-0.39, 0.29) is 5.69 Å². The monoisotopic (exact) mass is 144 g/mol. The fourth-order valence-electron chi connectivity index (χ4n) is 0.529. The highest BCUT2D eigenvalue weighted by molar-refractivity contribution is 4.77. The van der Waals surface area contributed by atoms with Crippen LogP contribution >= 0.6 is 0 Å². The van der Waals surface area contributed by atoms with Crippen LogP contribution in [0.5, 0.6) is 0 Å². The van der Waals surface area contributed by atoms with E-state index in [1.165, 1.54) is 7.11 Å². The van der Waals surface area contributed by atoms with Crippen LogP contribution in [0.4, 0.5) is 0 Å². The lowest BCUT2D eigenvalue weighted by Gasteiger charge is -1.94. The molecule has 56 valence electrons. The number of nitrogens with one attached hydrogen (secondary N) is 3. The number of hydroxylamine groups is 1. The molecule has 0 atom stereocenters. The molecule has 1 heterocycles. The van der Waals surface area contributed by atoms with Crippen molar-refractivity contribution in [3.63, 3.8) is 0 Å². The number of H-pyrrole nitrogens is 2. The summed E-state index contributed by atoms with van der Waals surface area (Å²) in [6.45, 7) is 0.384. The van der Waals surface area contributed by atoms with Crippen LogP contribution in [0.25, 0.3) is 0 Å². The van der Waals surface area contributed by atoms with Gasteiger partial charge < -0.3 is 4.84 Å². The summed E-state index contributed by atoms with van der Waals surface area (Å²) < 4.78 is 0. The maximum Gasteiger partial charge on any atom is 0.340 e. The SMILES string of the molecule is CONCc1n[nH]c(=O)[nH]1. The first-order chi connectivity index (χ1) is 4.83. The number of aromatic amines is 2. The zero-order valence-corrected chi connectivity index (χ0v) is 5.47. The van der Waals surface area contributed by atoms with Crippen molar-refractivity contribution >= 4 is 0 Å². The molecule has 0 saturated heterocycles. The predicted molar refractivity (Wildman–Crippen MR) is 33.1 cm³/mol. The van der Waals surface area contributed by atoms with Crippen molar-refractivity contribution in [3.8, 4) is 0 Å². The molecular formula is C4H8N4O2. The van der Waals surface area contributed by atoms with Gasteiger partial charge in [-0.05, 0) is 0 Å². The van der Waals surface area contributed by atoms with Crippen molar-refractivity contribution in [1.29, 1.82) is 0 Å². The maximum absolute atomic E-state index is 10.4. The lowest BCUT2D eigenvalue weighted by atomic mass is 10.6. The second-order valence-electron chi connectivity index (χ2n) is 1.65. The van der Waals surface area contributed by atoms with Gasteiger partial charge >= 0.3 is 5.69 Å². The minimum atomic E-state index is -0.312. The van der Waals surface area contributed by atoms with Gasteiger partial charge in [-0.15, -0.1) is 0 Å². The topological polar surface area (TPSA) is 82.8 Å². The Morgan fingerprint density at radius 2 is 2.60 bits per heavy atom. The largest absolute Gasteiger partial charge is 0.340 e. The van der Waals surface area contributed by atoms with Crippen LogP contribution in [0.3, 0.4) is 0 Å². The highest BCUT2D eigenvalue weighted by Gasteiger charge is 1.94. The molecular weight excluding hydrogens is 136 g/mol. The first-order valence-electron chi connectivity index (χ1n) is 2.72. The summed E-state index contributed by atoms with van der Waals surface area (Å²) in [6, 6.07) is 0. The van der Waals surface area contributed by atoms with E-state index in [1.54, 1.807) is 0 Å². The summed E-state index contributed by atoms with van der Waals surface area (Å²) in [6.07, 6.45) is 0. The zero-order valence-electron chi connectivity index (χ0n) is 5.47. The molecule has 0 radical (unpaired) electrons. The summed E-state index contributed by atoms with van der Waals surface area (Å²) >= 11 is 0. The van der Waals surface area contributed by atoms with Crippen molar-refractivity contribution in [3.05, 3.63) is 16.3 Å². The van der Waals surface area contributed by atoms with Crippen molar-refractivity contribution in [1.82, 2.24) is 20.7 Å². The lowest BCUT2D eigenvalue weighted by Crippen LogP contribution is -2.12. The predicted octanol–water partition coefficient (Wildman–Crippen LogP) is -1.25. The van der Waals surface area contributed by atoms with Gasteiger partial charge in [0.25, 0.3) is 0 Å². The minimum Gasteiger partial charge on any atom is -0.305 e. The Morgan fingerprint density at radius 3 is 3.10 bits per heavy atom. The van der Waals surface area contributed by atoms with Crippen molar-refractivity contribution < 1.29 is 4.84 Å². The van der Waals surface area contributed by atoms with Crippen LogP contribution in [-0.2, 0) is 11.4 Å². The van der Waals surface area contributed by atoms with Crippen LogP contribution in [0.2, 0.25) is 0 Å². The number of rotatable bonds is 3. The zero-order chi connectivity index (χ0) is 7.40. The van der Waals surface area contributed by atoms with Gasteiger partial charge in [0.1, 0.15) is 5.82 Å². The van der Waals surface area contributed by atoms with E-state index >= 15 is 0 Å². The Balaban J connectivity index is 2.50. The second-order valence-corrected chi connectivity index (χ2v) is 1.65. The highest BCUT2D eigenvalue weighted by Crippen LogP contribution is 1.77. The third kappa shape index (κ3) is 1.67. The van der Waals surface area contributed by atoms with Gasteiger partial charge in [0.05, 0.1) is 13.7 Å². The highest BCUT2D eigenvalue weighted by atomic mass is 16.6. The molecule has 0 bridgehead atoms. The van der Waals surface area contributed by atoms with E-state index in [9.17, 15) is 4.79 Å². The fourth-order valence-corrected chi connectivity index (χ4v) is 0.529. The van der Waals surface area contributed by atoms with E-state index in [2.05, 4.69) is 25.5 Å². The third-order valence-electron chi connectivity index (χ3n) is 0.934. The average molecular weight is 144 g/mol. The van der Waals surface area contributed by atoms with Gasteiger partial charge in [-0.1, -0.05) is 0 Å². The number of nitrogens with zero attached hydrogens (tertiary/aromatic N) is 1. The van der Waals surface area contributed by atoms with Gasteiger partial charge in [0, 0.05) is 0 Å². The van der Waals surface area contributed by atoms with E-state index in [0.717, 1.165) is 0 Å². The van der Waals surface area contributed by atoms with Crippen LogP contribution in [-0.4, -0.2) is 22.3 Å². The molecule has 0 fully saturated rings. The first-order valence-corrected chi connectivity index (χ1v) is 2.72. The van der Waals surface area contributed by atoms with Crippen molar-refractivity contribution in [2.75, 3.05) is 7.11 Å². The normalized spacial score (nSPS) is 10.1. The van der Waals surface area contributed by atoms with Gasteiger partial charge in [-0.25, -0.2) is 9.89 Å². The van der Waals surface area contributed by atoms with E-state index < -0.39 is 0 Å². The third-order valence-corrected chi connectivity index (χ3v) is 0.934. The molecule has 0 aliphatic heterocycles. The number of aromatic nitrogens is 3. The maximum atomic E-state index is 10.4. The lowest BCUT2D eigenvalue weighted by molar-refractivity contribution is 0.0849. The molecule has 0 unspecified atom stereocenters. The van der Waals surface area contributed by atoms with Crippen LogP contribution in [0, 0.1) is 0 Å². The molecule has 6 heteroatoms. The van der Waals surface area contributed by atoms with Gasteiger partial charge in [-0.2, -0.15) is 10.6 Å². The molecule has 0 aromatic carbocycles. The molecule has 10 heavy (non-hydrogen) atoms. The summed E-state index contributed by atoms with van der Waals surface area (Å²) in [5.74, 6) is 0.520. The molecule has 6 nitrogen and oxygen atoms in total. The number of hydrogen-bond acceptors (Lipinski definition) is 4. The Hall–Kier alpha value is -1.14. The average Bonchev–Trinajstić information content (AvgIpc) is 2.31. The Morgan fingerprint density at radius 1 is 1.80 bits per heavy atom. The molecule has 0 aliphatic carbocycles. The fraction of sp³-hybridized carbons (Fsp3) is 0.500. The molecule has 1 aromatic heterocycles. The summed E-state index contributed by atoms with van der Waals surface area (Å²) in [5.41, 5.74) is 2.21. The molecule has 0 spiro atoms. The van der Waals surface area contributed by atoms with E-state index in [0.29, 0.717) is 12.4 Å². The Bertz CT molecular complexity index is 239. The second kappa shape index (κ2) is 3.14. The van der Waals surface area contributed by atoms with Crippen molar-refractivity contribution in [2.24, 2.45) is 0 Å². The summed E-state index contributed by atoms with van der Waals surface area (Å²) in [4.78, 5) is 17.4. The van der Waals surface area contributed by atoms with Gasteiger partial charge in [0.15, 0.2) is 0 Å². The minimum absolute atomic E-state index is 0.312. The van der Waals surface area contributed by atoms with Gasteiger partial charge in [-0.3, -0.25) is 4.98 Å². The molecule has 0 aliphatic rings. The molecule has 1 rings (SSSR count). The Kier molecular flexibility index (Phi) is 2.19. The standard InChI is InChI=1S/C4H8N4O2/c1-10-5-2-3-6-4(9)8-7-3/h5H,2H2,1H3,(H2,6,7,8,9). The molecule has 3 N–H and O–H groups in total. The van der Waals surface area contributed by atoms with Crippen LogP contribution < -0.4 is 11.2 Å². The number of hydrogen-bond donors (Lipinski definition) is 3. The summed E-state index contributed by atoms with van der Waals surface area (Å²) in [5, 5.41) is 5.84. The quantitative estimate of drug-likeness (QED) is 0.463. The van der Waals surface area contributed by atoms with Crippen molar-refractivity contribution in [2.45, 2.75) is 6.54 Å². The molecule has 0 amide bonds. The van der Waals surface area contributed by atoms with E-state index in [1.807, 2.05) is 0 Å². The first kappa shape index (κ1) is 6.97.